The van der Waals surface area contributed by atoms with Crippen LogP contribution in [0.4, 0.5) is 13.2 Å². The van der Waals surface area contributed by atoms with Crippen LogP contribution in [0.3, 0.4) is 0 Å². The first-order valence-electron chi connectivity index (χ1n) is 9.30. The van der Waals surface area contributed by atoms with Gasteiger partial charge in [0.15, 0.2) is 0 Å². The monoisotopic (exact) mass is 471 g/mol. The van der Waals surface area contributed by atoms with Crippen LogP contribution in [0.25, 0.3) is 0 Å². The molecule has 1 aliphatic rings. The van der Waals surface area contributed by atoms with E-state index in [1.54, 1.807) is 6.07 Å². The third kappa shape index (κ3) is 4.75. The second-order valence-electron chi connectivity index (χ2n) is 6.87. The lowest BCUT2D eigenvalue weighted by Gasteiger charge is -2.33. The average molecular weight is 472 g/mol. The molecule has 0 saturated carbocycles. The Labute approximate surface area is 175 Å². The number of hydrogen-bond donors (Lipinski definition) is 1. The summed E-state index contributed by atoms with van der Waals surface area (Å²) in [7, 11) is 0. The summed E-state index contributed by atoms with van der Waals surface area (Å²) in [5.41, 5.74) is 0.565. The third-order valence-electron chi connectivity index (χ3n) is 5.03. The Hall–Kier alpha value is -2.06. The van der Waals surface area contributed by atoms with E-state index in [1.165, 1.54) is 12.1 Å². The molecular weight excluding hydrogens is 451 g/mol. The van der Waals surface area contributed by atoms with Crippen molar-refractivity contribution in [3.8, 4) is 5.75 Å². The Morgan fingerprint density at radius 1 is 1.28 bits per heavy atom. The minimum Gasteiger partial charge on any atom is -0.494 e. The molecule has 8 heteroatoms. The first-order chi connectivity index (χ1) is 13.7. The maximum atomic E-state index is 13.0. The Kier molecular flexibility index (Phi) is 6.53. The van der Waals surface area contributed by atoms with Crippen molar-refractivity contribution in [2.45, 2.75) is 38.0 Å². The number of ether oxygens (including phenoxy) is 1. The van der Waals surface area contributed by atoms with Gasteiger partial charge in [-0.1, -0.05) is 28.1 Å². The van der Waals surface area contributed by atoms with Crippen molar-refractivity contribution >= 4 is 21.9 Å². The molecule has 0 amide bonds. The van der Waals surface area contributed by atoms with Crippen LogP contribution < -0.4 is 4.74 Å². The molecule has 2 atom stereocenters. The standard InChI is InChI=1S/C21H21BrF3NO3/c1-2-29-18-10-9-15(22)12-16(18)19(26-11-3-4-17(26)20(27)28)13-5-7-14(8-6-13)21(23,24)25/h5-10,12,17,19H,2-4,11H2,1H3,(H,27,28). The molecule has 1 saturated heterocycles. The lowest BCUT2D eigenvalue weighted by molar-refractivity contribution is -0.142. The van der Waals surface area contributed by atoms with Gasteiger partial charge in [0.2, 0.25) is 0 Å². The zero-order valence-electron chi connectivity index (χ0n) is 15.7. The van der Waals surface area contributed by atoms with Crippen LogP contribution in [0, 0.1) is 0 Å². The molecule has 0 aromatic heterocycles. The lowest BCUT2D eigenvalue weighted by atomic mass is 9.94. The first-order valence-corrected chi connectivity index (χ1v) is 10.1. The highest BCUT2D eigenvalue weighted by molar-refractivity contribution is 9.10. The summed E-state index contributed by atoms with van der Waals surface area (Å²) in [5, 5.41) is 9.67. The second kappa shape index (κ2) is 8.75. The number of likely N-dealkylation sites (tertiary alicyclic amines) is 1. The van der Waals surface area contributed by atoms with Crippen LogP contribution in [0.2, 0.25) is 0 Å². The number of halogens is 4. The Bertz CT molecular complexity index is 870. The number of alkyl halides is 3. The number of carboxylic acid groups (broad SMARTS) is 1. The normalized spacial score (nSPS) is 18.6. The minimum atomic E-state index is -4.43. The van der Waals surface area contributed by atoms with Gasteiger partial charge in [-0.05, 0) is 55.7 Å². The highest BCUT2D eigenvalue weighted by atomic mass is 79.9. The molecule has 1 heterocycles. The van der Waals surface area contributed by atoms with Gasteiger partial charge in [0, 0.05) is 16.6 Å². The lowest BCUT2D eigenvalue weighted by Crippen LogP contribution is -2.39. The van der Waals surface area contributed by atoms with Gasteiger partial charge < -0.3 is 9.84 Å². The number of carboxylic acids is 1. The van der Waals surface area contributed by atoms with Crippen molar-refractivity contribution in [1.29, 1.82) is 0 Å². The van der Waals surface area contributed by atoms with Crippen molar-refractivity contribution in [1.82, 2.24) is 4.90 Å². The SMILES string of the molecule is CCOc1ccc(Br)cc1C(c1ccc(C(F)(F)F)cc1)N1CCCC1C(=O)O. The predicted octanol–water partition coefficient (Wildman–Crippen LogP) is 5.51. The summed E-state index contributed by atoms with van der Waals surface area (Å²) in [6.07, 6.45) is -3.24. The predicted molar refractivity (Wildman–Crippen MR) is 106 cm³/mol. The van der Waals surface area contributed by atoms with E-state index in [9.17, 15) is 23.1 Å². The topological polar surface area (TPSA) is 49.8 Å². The minimum absolute atomic E-state index is 0.413. The molecule has 0 aliphatic carbocycles. The highest BCUT2D eigenvalue weighted by Gasteiger charge is 2.38. The van der Waals surface area contributed by atoms with Crippen LogP contribution in [-0.2, 0) is 11.0 Å². The molecule has 4 nitrogen and oxygen atoms in total. The van der Waals surface area contributed by atoms with Gasteiger partial charge in [-0.15, -0.1) is 0 Å². The summed E-state index contributed by atoms with van der Waals surface area (Å²) < 4.78 is 45.6. The average Bonchev–Trinajstić information content (AvgIpc) is 3.13. The number of benzene rings is 2. The molecule has 2 aromatic carbocycles. The molecule has 29 heavy (non-hydrogen) atoms. The van der Waals surface area contributed by atoms with Crippen molar-refractivity contribution < 1.29 is 27.8 Å². The largest absolute Gasteiger partial charge is 0.494 e. The molecule has 2 aromatic rings. The van der Waals surface area contributed by atoms with E-state index in [0.717, 1.165) is 16.6 Å². The molecule has 0 bridgehead atoms. The van der Waals surface area contributed by atoms with Crippen molar-refractivity contribution in [2.24, 2.45) is 0 Å². The van der Waals surface area contributed by atoms with Crippen molar-refractivity contribution in [3.63, 3.8) is 0 Å². The van der Waals surface area contributed by atoms with Gasteiger partial charge in [-0.3, -0.25) is 9.69 Å². The summed E-state index contributed by atoms with van der Waals surface area (Å²) in [4.78, 5) is 13.6. The van der Waals surface area contributed by atoms with Gasteiger partial charge in [-0.2, -0.15) is 13.2 Å². The quantitative estimate of drug-likeness (QED) is 0.603. The molecule has 3 rings (SSSR count). The number of hydrogen-bond acceptors (Lipinski definition) is 3. The number of rotatable bonds is 6. The van der Waals surface area contributed by atoms with E-state index in [-0.39, 0.29) is 0 Å². The highest BCUT2D eigenvalue weighted by Crippen LogP contribution is 2.41. The summed E-state index contributed by atoms with van der Waals surface area (Å²) in [5.74, 6) is -0.357. The van der Waals surface area contributed by atoms with E-state index in [1.807, 2.05) is 24.0 Å². The molecular formula is C21H21BrF3NO3. The van der Waals surface area contributed by atoms with Gasteiger partial charge in [-0.25, -0.2) is 0 Å². The smallest absolute Gasteiger partial charge is 0.416 e. The van der Waals surface area contributed by atoms with E-state index in [0.29, 0.717) is 42.9 Å². The van der Waals surface area contributed by atoms with Crippen LogP contribution >= 0.6 is 15.9 Å². The Morgan fingerprint density at radius 2 is 1.97 bits per heavy atom. The Morgan fingerprint density at radius 3 is 2.55 bits per heavy atom. The van der Waals surface area contributed by atoms with Crippen LogP contribution in [0.1, 0.15) is 42.5 Å². The maximum absolute atomic E-state index is 13.0. The molecule has 2 unspecified atom stereocenters. The maximum Gasteiger partial charge on any atom is 0.416 e. The van der Waals surface area contributed by atoms with E-state index in [2.05, 4.69) is 15.9 Å². The fraction of sp³-hybridized carbons (Fsp3) is 0.381. The fourth-order valence-corrected chi connectivity index (χ4v) is 4.17. The number of carbonyl (C=O) groups is 1. The Balaban J connectivity index is 2.13. The molecule has 156 valence electrons. The summed E-state index contributed by atoms with van der Waals surface area (Å²) >= 11 is 3.44. The van der Waals surface area contributed by atoms with E-state index < -0.39 is 29.8 Å². The molecule has 0 radical (unpaired) electrons. The molecule has 0 spiro atoms. The van der Waals surface area contributed by atoms with Gasteiger partial charge in [0.1, 0.15) is 11.8 Å². The van der Waals surface area contributed by atoms with Crippen LogP contribution in [0.5, 0.6) is 5.75 Å². The van der Waals surface area contributed by atoms with Crippen LogP contribution in [-0.4, -0.2) is 35.2 Å². The first kappa shape index (κ1) is 21.6. The van der Waals surface area contributed by atoms with Crippen LogP contribution in [0.15, 0.2) is 46.9 Å². The molecule has 1 N–H and O–H groups in total. The summed E-state index contributed by atoms with van der Waals surface area (Å²) in [6.45, 7) is 2.78. The molecule has 1 aliphatic heterocycles. The van der Waals surface area contributed by atoms with E-state index in [4.69, 9.17) is 4.74 Å². The van der Waals surface area contributed by atoms with Gasteiger partial charge in [0.05, 0.1) is 18.2 Å². The van der Waals surface area contributed by atoms with Crippen molar-refractivity contribution in [2.75, 3.05) is 13.2 Å². The second-order valence-corrected chi connectivity index (χ2v) is 7.79. The zero-order chi connectivity index (χ0) is 21.2. The van der Waals surface area contributed by atoms with Gasteiger partial charge in [0.25, 0.3) is 0 Å². The zero-order valence-corrected chi connectivity index (χ0v) is 17.3. The van der Waals surface area contributed by atoms with E-state index >= 15 is 0 Å². The number of nitrogens with zero attached hydrogens (tertiary/aromatic N) is 1. The fourth-order valence-electron chi connectivity index (χ4n) is 3.79. The van der Waals surface area contributed by atoms with Crippen molar-refractivity contribution in [3.05, 3.63) is 63.6 Å². The summed E-state index contributed by atoms with van der Waals surface area (Å²) in [6, 6.07) is 9.09. The van der Waals surface area contributed by atoms with Gasteiger partial charge >= 0.3 is 12.1 Å². The number of aliphatic carboxylic acids is 1. The third-order valence-corrected chi connectivity index (χ3v) is 5.52. The molecule has 1 fully saturated rings.